The van der Waals surface area contributed by atoms with Crippen molar-refractivity contribution in [3.05, 3.63) is 71.0 Å². The summed E-state index contributed by atoms with van der Waals surface area (Å²) in [7, 11) is 0. The molecular weight excluding hydrogens is 347 g/mol. The van der Waals surface area contributed by atoms with Crippen LogP contribution in [0.25, 0.3) is 0 Å². The summed E-state index contributed by atoms with van der Waals surface area (Å²) >= 11 is 0. The zero-order chi connectivity index (χ0) is 19.0. The molecule has 0 radical (unpaired) electrons. The van der Waals surface area contributed by atoms with E-state index in [-0.39, 0.29) is 30.8 Å². The standard InChI is InChI=1S/C21H23FN2O3/c22-16-7-5-15(6-8-16)19-18-4-2-1-3-14(18)10-12-24(19)20(26)21(23)11-9-17(25)13-27-21/h1-8,17,19,25H,9-13,23H2/t17-,19-,21-/m0/s1. The lowest BCUT2D eigenvalue weighted by Crippen LogP contribution is -2.61. The number of amides is 1. The predicted molar refractivity (Wildman–Crippen MR) is 98.2 cm³/mol. The van der Waals surface area contributed by atoms with Crippen LogP contribution in [0.3, 0.4) is 0 Å². The first-order valence-electron chi connectivity index (χ1n) is 9.23. The van der Waals surface area contributed by atoms with Gasteiger partial charge in [-0.2, -0.15) is 0 Å². The molecule has 2 aromatic carbocycles. The molecule has 2 aromatic rings. The zero-order valence-corrected chi connectivity index (χ0v) is 15.0. The number of nitrogens with zero attached hydrogens (tertiary/aromatic N) is 1. The Balaban J connectivity index is 1.72. The number of benzene rings is 2. The molecule has 3 atom stereocenters. The minimum Gasteiger partial charge on any atom is -0.391 e. The molecule has 2 heterocycles. The molecule has 4 rings (SSSR count). The van der Waals surface area contributed by atoms with Crippen molar-refractivity contribution >= 4 is 5.91 Å². The Bertz CT molecular complexity index is 832. The number of fused-ring (bicyclic) bond motifs is 1. The molecule has 2 aliphatic rings. The largest absolute Gasteiger partial charge is 0.391 e. The number of rotatable bonds is 2. The van der Waals surface area contributed by atoms with E-state index in [4.69, 9.17) is 10.5 Å². The number of aliphatic hydroxyl groups excluding tert-OH is 1. The summed E-state index contributed by atoms with van der Waals surface area (Å²) in [4.78, 5) is 15.1. The van der Waals surface area contributed by atoms with Crippen LogP contribution < -0.4 is 5.73 Å². The average Bonchev–Trinajstić information content (AvgIpc) is 2.70. The van der Waals surface area contributed by atoms with Crippen LogP contribution in [0.4, 0.5) is 4.39 Å². The SMILES string of the molecule is N[C@@]1(C(=O)N2CCc3ccccc3[C@@H]2c2ccc(F)cc2)CC[C@H](O)CO1. The maximum atomic E-state index is 13.4. The first kappa shape index (κ1) is 18.1. The van der Waals surface area contributed by atoms with Crippen molar-refractivity contribution in [2.45, 2.75) is 37.1 Å². The molecule has 142 valence electrons. The second kappa shape index (κ2) is 7.03. The van der Waals surface area contributed by atoms with Gasteiger partial charge in [0.2, 0.25) is 0 Å². The molecule has 0 saturated carbocycles. The molecule has 0 aliphatic carbocycles. The fourth-order valence-electron chi connectivity index (χ4n) is 3.98. The van der Waals surface area contributed by atoms with Gasteiger partial charge in [-0.3, -0.25) is 10.5 Å². The van der Waals surface area contributed by atoms with Crippen molar-refractivity contribution in [2.75, 3.05) is 13.2 Å². The van der Waals surface area contributed by atoms with E-state index in [2.05, 4.69) is 6.07 Å². The predicted octanol–water partition coefficient (Wildman–Crippen LogP) is 2.13. The van der Waals surface area contributed by atoms with Gasteiger partial charge in [-0.25, -0.2) is 4.39 Å². The van der Waals surface area contributed by atoms with E-state index in [0.29, 0.717) is 13.0 Å². The Morgan fingerprint density at radius 1 is 1.22 bits per heavy atom. The summed E-state index contributed by atoms with van der Waals surface area (Å²) in [6.45, 7) is 0.552. The van der Waals surface area contributed by atoms with Crippen LogP contribution in [-0.4, -0.2) is 40.9 Å². The molecule has 5 nitrogen and oxygen atoms in total. The van der Waals surface area contributed by atoms with E-state index in [1.54, 1.807) is 17.0 Å². The number of carbonyl (C=O) groups excluding carboxylic acids is 1. The third kappa shape index (κ3) is 3.36. The highest BCUT2D eigenvalue weighted by Gasteiger charge is 2.45. The summed E-state index contributed by atoms with van der Waals surface area (Å²) < 4.78 is 19.0. The molecule has 0 bridgehead atoms. The number of ether oxygens (including phenoxy) is 1. The molecule has 0 unspecified atom stereocenters. The van der Waals surface area contributed by atoms with Gasteiger partial charge >= 0.3 is 0 Å². The monoisotopic (exact) mass is 370 g/mol. The molecule has 3 N–H and O–H groups in total. The molecule has 1 amide bonds. The summed E-state index contributed by atoms with van der Waals surface area (Å²) in [5.74, 6) is -0.612. The molecule has 0 spiro atoms. The number of nitrogens with two attached hydrogens (primary N) is 1. The lowest BCUT2D eigenvalue weighted by atomic mass is 9.87. The van der Waals surface area contributed by atoms with Gasteiger partial charge in [-0.1, -0.05) is 36.4 Å². The van der Waals surface area contributed by atoms with Crippen molar-refractivity contribution in [1.82, 2.24) is 4.90 Å². The smallest absolute Gasteiger partial charge is 0.270 e. The number of hydrogen-bond donors (Lipinski definition) is 2. The van der Waals surface area contributed by atoms with Crippen LogP contribution in [0.1, 0.15) is 35.6 Å². The van der Waals surface area contributed by atoms with Crippen molar-refractivity contribution in [1.29, 1.82) is 0 Å². The van der Waals surface area contributed by atoms with Gasteiger partial charge in [-0.15, -0.1) is 0 Å². The van der Waals surface area contributed by atoms with Gasteiger partial charge in [0.05, 0.1) is 18.8 Å². The Morgan fingerprint density at radius 3 is 2.67 bits per heavy atom. The normalized spacial score (nSPS) is 27.9. The number of aliphatic hydroxyl groups is 1. The third-order valence-corrected chi connectivity index (χ3v) is 5.47. The minimum atomic E-state index is -1.44. The topological polar surface area (TPSA) is 75.8 Å². The van der Waals surface area contributed by atoms with Crippen LogP contribution in [0.2, 0.25) is 0 Å². The third-order valence-electron chi connectivity index (χ3n) is 5.47. The Morgan fingerprint density at radius 2 is 1.96 bits per heavy atom. The molecule has 0 aromatic heterocycles. The molecule has 6 heteroatoms. The van der Waals surface area contributed by atoms with Crippen molar-refractivity contribution in [2.24, 2.45) is 5.73 Å². The maximum absolute atomic E-state index is 13.4. The Kier molecular flexibility index (Phi) is 4.72. The molecule has 2 aliphatic heterocycles. The lowest BCUT2D eigenvalue weighted by molar-refractivity contribution is -0.175. The fraction of sp³-hybridized carbons (Fsp3) is 0.381. The average molecular weight is 370 g/mol. The first-order chi connectivity index (χ1) is 13.0. The molecule has 1 fully saturated rings. The summed E-state index contributed by atoms with van der Waals surface area (Å²) in [5.41, 5.74) is 7.87. The first-order valence-corrected chi connectivity index (χ1v) is 9.23. The summed E-state index contributed by atoms with van der Waals surface area (Å²) in [5, 5.41) is 9.68. The maximum Gasteiger partial charge on any atom is 0.270 e. The van der Waals surface area contributed by atoms with Gasteiger partial charge in [0.25, 0.3) is 5.91 Å². The fourth-order valence-corrected chi connectivity index (χ4v) is 3.98. The van der Waals surface area contributed by atoms with Crippen molar-refractivity contribution in [3.8, 4) is 0 Å². The molecular formula is C21H23FN2O3. The van der Waals surface area contributed by atoms with Crippen molar-refractivity contribution < 1.29 is 19.0 Å². The van der Waals surface area contributed by atoms with Crippen LogP contribution in [0, 0.1) is 5.82 Å². The van der Waals surface area contributed by atoms with Crippen LogP contribution in [0.5, 0.6) is 0 Å². The van der Waals surface area contributed by atoms with Crippen LogP contribution in [-0.2, 0) is 16.0 Å². The highest BCUT2D eigenvalue weighted by molar-refractivity contribution is 5.86. The zero-order valence-electron chi connectivity index (χ0n) is 15.0. The minimum absolute atomic E-state index is 0.0495. The van der Waals surface area contributed by atoms with E-state index in [9.17, 15) is 14.3 Å². The lowest BCUT2D eigenvalue weighted by Gasteiger charge is -2.43. The van der Waals surface area contributed by atoms with Crippen LogP contribution >= 0.6 is 0 Å². The van der Waals surface area contributed by atoms with E-state index in [0.717, 1.165) is 17.5 Å². The summed E-state index contributed by atoms with van der Waals surface area (Å²) in [6.07, 6.45) is 0.817. The van der Waals surface area contributed by atoms with Crippen LogP contribution in [0.15, 0.2) is 48.5 Å². The second-order valence-corrected chi connectivity index (χ2v) is 7.29. The highest BCUT2D eigenvalue weighted by Crippen LogP contribution is 2.37. The Labute approximate surface area is 157 Å². The van der Waals surface area contributed by atoms with E-state index in [1.165, 1.54) is 17.7 Å². The van der Waals surface area contributed by atoms with Gasteiger partial charge in [-0.05, 0) is 41.7 Å². The van der Waals surface area contributed by atoms with E-state index in [1.807, 2.05) is 18.2 Å². The quantitative estimate of drug-likeness (QED) is 0.849. The highest BCUT2D eigenvalue weighted by atomic mass is 19.1. The van der Waals surface area contributed by atoms with Gasteiger partial charge in [0, 0.05) is 13.0 Å². The van der Waals surface area contributed by atoms with E-state index >= 15 is 0 Å². The summed E-state index contributed by atoms with van der Waals surface area (Å²) in [6, 6.07) is 13.8. The second-order valence-electron chi connectivity index (χ2n) is 7.29. The number of halogens is 1. The van der Waals surface area contributed by atoms with Gasteiger partial charge in [0.15, 0.2) is 5.72 Å². The van der Waals surface area contributed by atoms with Crippen molar-refractivity contribution in [3.63, 3.8) is 0 Å². The number of carbonyl (C=O) groups is 1. The molecule has 27 heavy (non-hydrogen) atoms. The molecule has 1 saturated heterocycles. The van der Waals surface area contributed by atoms with Gasteiger partial charge in [0.1, 0.15) is 5.82 Å². The number of hydrogen-bond acceptors (Lipinski definition) is 4. The Hall–Kier alpha value is -2.28. The van der Waals surface area contributed by atoms with Gasteiger partial charge < -0.3 is 14.7 Å². The van der Waals surface area contributed by atoms with E-state index < -0.39 is 11.8 Å².